The molecule has 0 heterocycles. The van der Waals surface area contributed by atoms with E-state index in [1.54, 1.807) is 0 Å². The lowest BCUT2D eigenvalue weighted by Gasteiger charge is -2.42. The minimum absolute atomic E-state index is 0.102. The monoisotopic (exact) mass is 313 g/mol. The maximum atomic E-state index is 11.8. The minimum atomic E-state index is -0.102. The van der Waals surface area contributed by atoms with Crippen LogP contribution in [0.4, 0.5) is 0 Å². The summed E-state index contributed by atoms with van der Waals surface area (Å²) in [5, 5.41) is 9.80. The van der Waals surface area contributed by atoms with E-state index in [4.69, 9.17) is 0 Å². The van der Waals surface area contributed by atoms with Crippen LogP contribution in [0.2, 0.25) is 0 Å². The predicted molar refractivity (Wildman–Crippen MR) is 92.6 cm³/mol. The van der Waals surface area contributed by atoms with Crippen LogP contribution in [0.25, 0.3) is 0 Å². The van der Waals surface area contributed by atoms with E-state index in [1.807, 2.05) is 6.08 Å². The molecule has 23 heavy (non-hydrogen) atoms. The number of nitriles is 1. The highest BCUT2D eigenvalue weighted by molar-refractivity contribution is 5.91. The van der Waals surface area contributed by atoms with Gasteiger partial charge in [0.05, 0.1) is 11.5 Å². The number of carbonyl (C=O) groups excluding carboxylic acids is 1. The van der Waals surface area contributed by atoms with Crippen LogP contribution < -0.4 is 0 Å². The summed E-state index contributed by atoms with van der Waals surface area (Å²) in [5.74, 6) is 3.09. The molecule has 0 aromatic carbocycles. The summed E-state index contributed by atoms with van der Waals surface area (Å²) < 4.78 is 0. The van der Waals surface area contributed by atoms with E-state index >= 15 is 0 Å². The van der Waals surface area contributed by atoms with Crippen LogP contribution in [0, 0.1) is 40.4 Å². The molecule has 3 rings (SSSR count). The summed E-state index contributed by atoms with van der Waals surface area (Å²) in [6, 6.07) is 2.70. The van der Waals surface area contributed by atoms with E-state index in [-0.39, 0.29) is 5.41 Å². The lowest BCUT2D eigenvalue weighted by molar-refractivity contribution is -0.115. The molecule has 126 valence electrons. The van der Waals surface area contributed by atoms with E-state index in [9.17, 15) is 10.1 Å². The average Bonchev–Trinajstić information content (AvgIpc) is 2.63. The predicted octanol–water partition coefficient (Wildman–Crippen LogP) is 5.44. The molecule has 0 amide bonds. The summed E-state index contributed by atoms with van der Waals surface area (Å²) in [4.78, 5) is 11.8. The number of nitrogens with zero attached hydrogens (tertiary/aromatic N) is 1. The number of rotatable bonds is 1. The van der Waals surface area contributed by atoms with Gasteiger partial charge < -0.3 is 0 Å². The lowest BCUT2D eigenvalue weighted by Crippen LogP contribution is -2.33. The Labute approximate surface area is 141 Å². The van der Waals surface area contributed by atoms with Crippen molar-refractivity contribution in [2.24, 2.45) is 29.1 Å². The Bertz CT molecular complexity index is 528. The Hall–Kier alpha value is -1.10. The van der Waals surface area contributed by atoms with Gasteiger partial charge in [-0.1, -0.05) is 32.3 Å². The fourth-order valence-corrected chi connectivity index (χ4v) is 5.72. The quantitative estimate of drug-likeness (QED) is 0.647. The molecular formula is C21H31NO. The van der Waals surface area contributed by atoms with Gasteiger partial charge >= 0.3 is 0 Å². The van der Waals surface area contributed by atoms with Gasteiger partial charge in [-0.15, -0.1) is 0 Å². The van der Waals surface area contributed by atoms with Gasteiger partial charge in [0.25, 0.3) is 0 Å². The van der Waals surface area contributed by atoms with Gasteiger partial charge in [0.2, 0.25) is 0 Å². The van der Waals surface area contributed by atoms with Gasteiger partial charge in [-0.25, -0.2) is 0 Å². The molecule has 2 heteroatoms. The molecule has 0 aromatic heterocycles. The second kappa shape index (κ2) is 6.80. The first-order chi connectivity index (χ1) is 11.1. The molecule has 5 unspecified atom stereocenters. The normalized spacial score (nSPS) is 41.4. The molecule has 0 radical (unpaired) electrons. The number of hydrogen-bond acceptors (Lipinski definition) is 2. The molecule has 0 aromatic rings. The second-order valence-corrected chi connectivity index (χ2v) is 8.29. The van der Waals surface area contributed by atoms with Crippen LogP contribution in [0.3, 0.4) is 0 Å². The molecule has 0 saturated heterocycles. The van der Waals surface area contributed by atoms with Crippen molar-refractivity contribution in [2.75, 3.05) is 0 Å². The number of ketones is 1. The van der Waals surface area contributed by atoms with E-state index in [2.05, 4.69) is 19.9 Å². The highest BCUT2D eigenvalue weighted by atomic mass is 16.1. The van der Waals surface area contributed by atoms with Crippen molar-refractivity contribution in [3.05, 3.63) is 11.6 Å². The third-order valence-electron chi connectivity index (χ3n) is 7.38. The second-order valence-electron chi connectivity index (χ2n) is 8.29. The Morgan fingerprint density at radius 2 is 2.04 bits per heavy atom. The maximum Gasteiger partial charge on any atom is 0.155 e. The molecule has 3 aliphatic rings. The van der Waals surface area contributed by atoms with Crippen molar-refractivity contribution in [1.29, 1.82) is 5.26 Å². The number of allylic oxidation sites excluding steroid dienone is 2. The zero-order valence-corrected chi connectivity index (χ0v) is 14.8. The van der Waals surface area contributed by atoms with Crippen molar-refractivity contribution < 1.29 is 4.79 Å². The van der Waals surface area contributed by atoms with Gasteiger partial charge in [-0.2, -0.15) is 5.26 Å². The topological polar surface area (TPSA) is 40.9 Å². The highest BCUT2D eigenvalue weighted by Crippen LogP contribution is 2.50. The van der Waals surface area contributed by atoms with Crippen LogP contribution in [-0.4, -0.2) is 5.78 Å². The van der Waals surface area contributed by atoms with Gasteiger partial charge in [-0.3, -0.25) is 4.79 Å². The Morgan fingerprint density at radius 3 is 2.78 bits per heavy atom. The van der Waals surface area contributed by atoms with E-state index in [0.29, 0.717) is 17.6 Å². The third kappa shape index (κ3) is 3.12. The first kappa shape index (κ1) is 16.7. The van der Waals surface area contributed by atoms with Crippen LogP contribution in [-0.2, 0) is 4.79 Å². The number of hydrogen-bond donors (Lipinski definition) is 0. The molecule has 0 N–H and O–H groups in total. The first-order valence-corrected chi connectivity index (χ1v) is 9.74. The fourth-order valence-electron chi connectivity index (χ4n) is 5.72. The molecule has 0 spiro atoms. The molecule has 2 nitrogen and oxygen atoms in total. The highest BCUT2D eigenvalue weighted by Gasteiger charge is 2.41. The van der Waals surface area contributed by atoms with Gasteiger partial charge in [-0.05, 0) is 74.7 Å². The van der Waals surface area contributed by atoms with Crippen molar-refractivity contribution in [3.63, 3.8) is 0 Å². The summed E-state index contributed by atoms with van der Waals surface area (Å²) in [6.45, 7) is 4.50. The molecular weight excluding hydrogens is 282 g/mol. The first-order valence-electron chi connectivity index (χ1n) is 9.74. The zero-order chi connectivity index (χ0) is 16.4. The van der Waals surface area contributed by atoms with E-state index in [1.165, 1.54) is 37.7 Å². The van der Waals surface area contributed by atoms with Crippen molar-refractivity contribution in [1.82, 2.24) is 0 Å². The lowest BCUT2D eigenvalue weighted by atomic mass is 9.63. The summed E-state index contributed by atoms with van der Waals surface area (Å²) in [6.07, 6.45) is 13.2. The Morgan fingerprint density at radius 1 is 1.22 bits per heavy atom. The number of fused-ring (bicyclic) bond motifs is 3. The maximum absolute atomic E-state index is 11.8. The molecule has 2 fully saturated rings. The fraction of sp³-hybridized carbons (Fsp3) is 0.810. The van der Waals surface area contributed by atoms with Crippen LogP contribution in [0.1, 0.15) is 78.1 Å². The van der Waals surface area contributed by atoms with Gasteiger partial charge in [0.1, 0.15) is 0 Å². The number of carbonyl (C=O) groups is 1. The largest absolute Gasteiger partial charge is 0.295 e. The molecule has 5 atom stereocenters. The summed E-state index contributed by atoms with van der Waals surface area (Å²) >= 11 is 0. The third-order valence-corrected chi connectivity index (χ3v) is 7.38. The molecule has 2 saturated carbocycles. The molecule has 0 aliphatic heterocycles. The minimum Gasteiger partial charge on any atom is -0.295 e. The Kier molecular flexibility index (Phi) is 4.95. The summed E-state index contributed by atoms with van der Waals surface area (Å²) in [7, 11) is 0. The average molecular weight is 313 g/mol. The van der Waals surface area contributed by atoms with Crippen LogP contribution in [0.5, 0.6) is 0 Å². The van der Waals surface area contributed by atoms with Gasteiger partial charge in [0, 0.05) is 6.42 Å². The Balaban J connectivity index is 1.81. The van der Waals surface area contributed by atoms with E-state index in [0.717, 1.165) is 43.9 Å². The van der Waals surface area contributed by atoms with Crippen molar-refractivity contribution in [2.45, 2.75) is 78.1 Å². The zero-order valence-electron chi connectivity index (χ0n) is 14.8. The van der Waals surface area contributed by atoms with Gasteiger partial charge in [0.15, 0.2) is 5.78 Å². The SMILES string of the molecule is CCC1(C#N)CCCC2CCC3=CC(=O)CCC3C2CCC1C. The van der Waals surface area contributed by atoms with Crippen molar-refractivity contribution >= 4 is 5.78 Å². The van der Waals surface area contributed by atoms with Crippen molar-refractivity contribution in [3.8, 4) is 6.07 Å². The smallest absolute Gasteiger partial charge is 0.155 e. The summed E-state index contributed by atoms with van der Waals surface area (Å²) in [5.41, 5.74) is 1.35. The van der Waals surface area contributed by atoms with Crippen LogP contribution >= 0.6 is 0 Å². The molecule has 0 bridgehead atoms. The standard InChI is InChI=1S/C21H31NO/c1-3-21(14-22)12-4-5-16-7-8-17-13-18(23)9-11-20(17)19(16)10-6-15(21)2/h13,15-16,19-20H,3-12H2,1-2H3. The molecule has 3 aliphatic carbocycles. The van der Waals surface area contributed by atoms with Crippen LogP contribution in [0.15, 0.2) is 11.6 Å². The van der Waals surface area contributed by atoms with E-state index < -0.39 is 0 Å².